The van der Waals surface area contributed by atoms with Crippen molar-refractivity contribution in [3.8, 4) is 17.5 Å². The minimum Gasteiger partial charge on any atom is -0.339 e. The average molecular weight is 462 g/mol. The maximum Gasteiger partial charge on any atom is 0.241 e. The number of nitrogens with zero attached hydrogens (tertiary/aromatic N) is 5. The summed E-state index contributed by atoms with van der Waals surface area (Å²) in [6.07, 6.45) is 2.05. The highest BCUT2D eigenvalue weighted by molar-refractivity contribution is 5.95. The van der Waals surface area contributed by atoms with E-state index in [1.54, 1.807) is 17.0 Å². The van der Waals surface area contributed by atoms with Crippen molar-refractivity contribution in [3.63, 3.8) is 0 Å². The van der Waals surface area contributed by atoms with Gasteiger partial charge in [0.1, 0.15) is 5.82 Å². The molecule has 1 unspecified atom stereocenters. The van der Waals surface area contributed by atoms with E-state index < -0.39 is 0 Å². The van der Waals surface area contributed by atoms with Crippen LogP contribution in [-0.2, 0) is 4.79 Å². The Hall–Kier alpha value is -3.57. The molecule has 1 aromatic heterocycles. The van der Waals surface area contributed by atoms with Gasteiger partial charge < -0.3 is 9.42 Å². The molecule has 1 saturated heterocycles. The molecule has 1 atom stereocenters. The molecule has 2 aromatic carbocycles. The summed E-state index contributed by atoms with van der Waals surface area (Å²) in [7, 11) is 0. The Kier molecular flexibility index (Phi) is 7.33. The maximum absolute atomic E-state index is 13.5. The fourth-order valence-corrected chi connectivity index (χ4v) is 4.28. The lowest BCUT2D eigenvalue weighted by Crippen LogP contribution is -2.44. The van der Waals surface area contributed by atoms with E-state index >= 15 is 0 Å². The molecule has 0 saturated carbocycles. The zero-order valence-corrected chi connectivity index (χ0v) is 19.5. The van der Waals surface area contributed by atoms with Crippen LogP contribution in [0.15, 0.2) is 47.0 Å². The molecule has 1 aliphatic heterocycles. The number of anilines is 1. The summed E-state index contributed by atoms with van der Waals surface area (Å²) in [5, 5.41) is 13.1. The Balaban J connectivity index is 1.44. The van der Waals surface area contributed by atoms with Crippen LogP contribution in [0.5, 0.6) is 0 Å². The number of aryl methyl sites for hydroxylation is 2. The lowest BCUT2D eigenvalue weighted by molar-refractivity contribution is -0.120. The van der Waals surface area contributed by atoms with Crippen LogP contribution in [0, 0.1) is 31.0 Å². The van der Waals surface area contributed by atoms with Gasteiger partial charge in [-0.25, -0.2) is 4.39 Å². The van der Waals surface area contributed by atoms with Crippen molar-refractivity contribution in [1.82, 2.24) is 15.0 Å². The fraction of sp³-hybridized carbons (Fsp3) is 0.385. The predicted octanol–water partition coefficient (Wildman–Crippen LogP) is 4.62. The largest absolute Gasteiger partial charge is 0.339 e. The monoisotopic (exact) mass is 461 g/mol. The summed E-state index contributed by atoms with van der Waals surface area (Å²) in [5.41, 5.74) is 3.65. The maximum atomic E-state index is 13.5. The first-order valence-corrected chi connectivity index (χ1v) is 11.5. The van der Waals surface area contributed by atoms with E-state index in [1.807, 2.05) is 32.0 Å². The van der Waals surface area contributed by atoms with Crippen LogP contribution in [0.1, 0.15) is 42.2 Å². The Morgan fingerprint density at radius 3 is 2.88 bits per heavy atom. The lowest BCUT2D eigenvalue weighted by atomic mass is 9.98. The van der Waals surface area contributed by atoms with Gasteiger partial charge in [-0.2, -0.15) is 10.2 Å². The summed E-state index contributed by atoms with van der Waals surface area (Å²) in [6, 6.07) is 14.2. The van der Waals surface area contributed by atoms with Crippen LogP contribution in [0.2, 0.25) is 0 Å². The number of aromatic nitrogens is 2. The van der Waals surface area contributed by atoms with Crippen molar-refractivity contribution in [3.05, 3.63) is 65.3 Å². The molecule has 0 spiro atoms. The number of halogens is 1. The van der Waals surface area contributed by atoms with E-state index in [1.165, 1.54) is 12.1 Å². The molecule has 34 heavy (non-hydrogen) atoms. The number of rotatable bonds is 7. The second-order valence-corrected chi connectivity index (χ2v) is 8.76. The zero-order valence-electron chi connectivity index (χ0n) is 19.5. The third-order valence-corrected chi connectivity index (χ3v) is 6.29. The number of hydrogen-bond acceptors (Lipinski definition) is 6. The quantitative estimate of drug-likeness (QED) is 0.510. The van der Waals surface area contributed by atoms with Gasteiger partial charge in [0, 0.05) is 24.3 Å². The predicted molar refractivity (Wildman–Crippen MR) is 127 cm³/mol. The number of carbonyl (C=O) groups is 1. The second-order valence-electron chi connectivity index (χ2n) is 8.76. The molecule has 3 aromatic rings. The van der Waals surface area contributed by atoms with E-state index in [0.717, 1.165) is 36.2 Å². The van der Waals surface area contributed by atoms with Crippen LogP contribution in [0.4, 0.5) is 10.1 Å². The molecule has 0 bridgehead atoms. The molecular formula is C26H28FN5O2. The van der Waals surface area contributed by atoms with Crippen LogP contribution in [0.25, 0.3) is 11.4 Å². The van der Waals surface area contributed by atoms with Gasteiger partial charge in [-0.15, -0.1) is 0 Å². The van der Waals surface area contributed by atoms with Crippen LogP contribution < -0.4 is 4.90 Å². The molecular weight excluding hydrogens is 433 g/mol. The normalized spacial score (nSPS) is 16.2. The Morgan fingerprint density at radius 2 is 2.12 bits per heavy atom. The molecule has 1 fully saturated rings. The van der Waals surface area contributed by atoms with E-state index in [-0.39, 0.29) is 30.6 Å². The topological polar surface area (TPSA) is 86.3 Å². The van der Waals surface area contributed by atoms with Crippen molar-refractivity contribution < 1.29 is 13.7 Å². The molecule has 2 heterocycles. The Bertz CT molecular complexity index is 1200. The molecule has 0 aliphatic carbocycles. The smallest absolute Gasteiger partial charge is 0.241 e. The minimum atomic E-state index is -0.351. The van der Waals surface area contributed by atoms with Crippen molar-refractivity contribution in [2.24, 2.45) is 0 Å². The third-order valence-electron chi connectivity index (χ3n) is 6.29. The molecule has 1 amide bonds. The minimum absolute atomic E-state index is 0.00513. The molecule has 7 nitrogen and oxygen atoms in total. The number of likely N-dealkylation sites (tertiary alicyclic amines) is 1. The fourth-order valence-electron chi connectivity index (χ4n) is 4.28. The lowest BCUT2D eigenvalue weighted by Gasteiger charge is -2.32. The SMILES string of the molecule is Cc1ccc(N(CCC#N)C(=O)CN2CCCC(c3nc(-c4cccc(F)c4)no3)C2)cc1C. The summed E-state index contributed by atoms with van der Waals surface area (Å²) in [5.74, 6) is 0.485. The number of benzene rings is 2. The highest BCUT2D eigenvalue weighted by Gasteiger charge is 2.28. The van der Waals surface area contributed by atoms with Gasteiger partial charge in [-0.1, -0.05) is 23.4 Å². The first-order valence-electron chi connectivity index (χ1n) is 11.5. The van der Waals surface area contributed by atoms with E-state index in [0.29, 0.717) is 30.4 Å². The third kappa shape index (κ3) is 5.49. The van der Waals surface area contributed by atoms with Gasteiger partial charge in [0.15, 0.2) is 0 Å². The Morgan fingerprint density at radius 1 is 1.26 bits per heavy atom. The number of hydrogen-bond donors (Lipinski definition) is 0. The highest BCUT2D eigenvalue weighted by atomic mass is 19.1. The van der Waals surface area contributed by atoms with Gasteiger partial charge in [0.25, 0.3) is 0 Å². The average Bonchev–Trinajstić information content (AvgIpc) is 3.32. The number of piperidine rings is 1. The molecule has 4 rings (SSSR count). The molecule has 0 N–H and O–H groups in total. The van der Waals surface area contributed by atoms with Crippen molar-refractivity contribution in [1.29, 1.82) is 5.26 Å². The van der Waals surface area contributed by atoms with Gasteiger partial charge in [0.05, 0.1) is 25.0 Å². The number of amides is 1. The van der Waals surface area contributed by atoms with Gasteiger partial charge in [0.2, 0.25) is 17.6 Å². The van der Waals surface area contributed by atoms with Crippen molar-refractivity contribution >= 4 is 11.6 Å². The van der Waals surface area contributed by atoms with Gasteiger partial charge >= 0.3 is 0 Å². The number of carbonyl (C=O) groups excluding carboxylic acids is 1. The second kappa shape index (κ2) is 10.6. The first kappa shape index (κ1) is 23.6. The van der Waals surface area contributed by atoms with E-state index in [4.69, 9.17) is 9.78 Å². The van der Waals surface area contributed by atoms with E-state index in [2.05, 4.69) is 21.1 Å². The summed E-state index contributed by atoms with van der Waals surface area (Å²) < 4.78 is 19.1. The molecule has 0 radical (unpaired) electrons. The Labute approximate surface area is 198 Å². The number of nitriles is 1. The molecule has 8 heteroatoms. The summed E-state index contributed by atoms with van der Waals surface area (Å²) >= 11 is 0. The summed E-state index contributed by atoms with van der Waals surface area (Å²) in [4.78, 5) is 21.6. The van der Waals surface area contributed by atoms with Gasteiger partial charge in [-0.05, 0) is 68.6 Å². The van der Waals surface area contributed by atoms with Gasteiger partial charge in [-0.3, -0.25) is 9.69 Å². The van der Waals surface area contributed by atoms with Crippen molar-refractivity contribution in [2.75, 3.05) is 31.1 Å². The highest BCUT2D eigenvalue weighted by Crippen LogP contribution is 2.28. The van der Waals surface area contributed by atoms with E-state index in [9.17, 15) is 9.18 Å². The van der Waals surface area contributed by atoms with Crippen molar-refractivity contribution in [2.45, 2.75) is 39.0 Å². The standard InChI is InChI=1S/C26H28FN5O2/c1-18-9-10-23(14-19(18)2)32(13-5-11-28)24(33)17-31-12-4-7-21(16-31)26-29-25(30-34-26)20-6-3-8-22(27)15-20/h3,6,8-10,14-15,21H,4-5,7,12-13,16-17H2,1-2H3. The molecule has 176 valence electrons. The summed E-state index contributed by atoms with van der Waals surface area (Å²) in [6.45, 7) is 6.08. The zero-order chi connectivity index (χ0) is 24.1. The van der Waals surface area contributed by atoms with Crippen LogP contribution >= 0.6 is 0 Å². The first-order chi connectivity index (χ1) is 16.4. The van der Waals surface area contributed by atoms with Crippen LogP contribution in [0.3, 0.4) is 0 Å². The molecule has 1 aliphatic rings. The van der Waals surface area contributed by atoms with Crippen LogP contribution in [-0.4, -0.2) is 47.1 Å².